The number of rotatable bonds is 3. The summed E-state index contributed by atoms with van der Waals surface area (Å²) in [4.78, 5) is 12.0. The van der Waals surface area contributed by atoms with Crippen LogP contribution in [0.1, 0.15) is 21.5 Å². The largest absolute Gasteiger partial charge is 0.417 e. The molecule has 0 heterocycles. The summed E-state index contributed by atoms with van der Waals surface area (Å²) < 4.78 is 39.4. The van der Waals surface area contributed by atoms with Gasteiger partial charge in [-0.1, -0.05) is 60.2 Å². The Morgan fingerprint density at radius 2 is 1.48 bits per heavy atom. The van der Waals surface area contributed by atoms with Crippen molar-refractivity contribution in [2.45, 2.75) is 13.1 Å². The SMILES string of the molecule is Cc1ccc(C(=O)/C=C(\c2ccccc2)C(F)(F)F)cc1. The van der Waals surface area contributed by atoms with E-state index >= 15 is 0 Å². The quantitative estimate of drug-likeness (QED) is 0.585. The van der Waals surface area contributed by atoms with Crippen molar-refractivity contribution in [1.82, 2.24) is 0 Å². The molecule has 2 aromatic carbocycles. The normalized spacial score (nSPS) is 12.3. The minimum Gasteiger partial charge on any atom is -0.289 e. The zero-order valence-corrected chi connectivity index (χ0v) is 11.3. The lowest BCUT2D eigenvalue weighted by Crippen LogP contribution is -2.12. The molecule has 2 rings (SSSR count). The fraction of sp³-hybridized carbons (Fsp3) is 0.118. The number of carbonyl (C=O) groups is 1. The van der Waals surface area contributed by atoms with Crippen LogP contribution >= 0.6 is 0 Å². The van der Waals surface area contributed by atoms with Gasteiger partial charge >= 0.3 is 6.18 Å². The van der Waals surface area contributed by atoms with E-state index in [0.717, 1.165) is 5.56 Å². The molecule has 108 valence electrons. The molecule has 0 bridgehead atoms. The van der Waals surface area contributed by atoms with Crippen LogP contribution in [0, 0.1) is 6.92 Å². The second kappa shape index (κ2) is 5.95. The molecule has 0 aliphatic carbocycles. The zero-order valence-electron chi connectivity index (χ0n) is 11.3. The van der Waals surface area contributed by atoms with Crippen molar-refractivity contribution >= 4 is 11.4 Å². The number of hydrogen-bond acceptors (Lipinski definition) is 1. The Bertz CT molecular complexity index is 653. The van der Waals surface area contributed by atoms with Crippen LogP contribution in [0.15, 0.2) is 60.7 Å². The summed E-state index contributed by atoms with van der Waals surface area (Å²) in [7, 11) is 0. The predicted molar refractivity (Wildman–Crippen MR) is 76.0 cm³/mol. The Balaban J connectivity index is 2.42. The molecule has 0 aliphatic heterocycles. The van der Waals surface area contributed by atoms with Crippen LogP contribution in [0.4, 0.5) is 13.2 Å². The fourth-order valence-corrected chi connectivity index (χ4v) is 1.88. The third-order valence-corrected chi connectivity index (χ3v) is 3.00. The molecule has 2 aromatic rings. The Morgan fingerprint density at radius 1 is 0.905 bits per heavy atom. The molecular formula is C17H13F3O. The van der Waals surface area contributed by atoms with Crippen LogP contribution in [-0.2, 0) is 0 Å². The number of hydrogen-bond donors (Lipinski definition) is 0. The van der Waals surface area contributed by atoms with E-state index in [1.807, 2.05) is 6.92 Å². The molecule has 0 saturated heterocycles. The lowest BCUT2D eigenvalue weighted by atomic mass is 10.0. The number of allylic oxidation sites excluding steroid dienone is 2. The number of carbonyl (C=O) groups excluding carboxylic acids is 1. The average molecular weight is 290 g/mol. The minimum absolute atomic E-state index is 0.0227. The summed E-state index contributed by atoms with van der Waals surface area (Å²) in [5, 5.41) is 0. The summed E-state index contributed by atoms with van der Waals surface area (Å²) >= 11 is 0. The highest BCUT2D eigenvalue weighted by molar-refractivity contribution is 6.09. The van der Waals surface area contributed by atoms with Crippen LogP contribution in [0.3, 0.4) is 0 Å². The summed E-state index contributed by atoms with van der Waals surface area (Å²) in [6.45, 7) is 1.84. The third kappa shape index (κ3) is 3.81. The van der Waals surface area contributed by atoms with E-state index < -0.39 is 17.5 Å². The van der Waals surface area contributed by atoms with Crippen molar-refractivity contribution in [3.8, 4) is 0 Å². The van der Waals surface area contributed by atoms with Gasteiger partial charge in [0.2, 0.25) is 0 Å². The summed E-state index contributed by atoms with van der Waals surface area (Å²) in [5.74, 6) is -0.661. The van der Waals surface area contributed by atoms with Gasteiger partial charge in [0.15, 0.2) is 5.78 Å². The number of halogens is 3. The first-order valence-corrected chi connectivity index (χ1v) is 6.33. The van der Waals surface area contributed by atoms with E-state index in [1.165, 1.54) is 36.4 Å². The lowest BCUT2D eigenvalue weighted by Gasteiger charge is -2.11. The molecule has 0 fully saturated rings. The highest BCUT2D eigenvalue weighted by Gasteiger charge is 2.35. The van der Waals surface area contributed by atoms with Crippen LogP contribution in [0.2, 0.25) is 0 Å². The van der Waals surface area contributed by atoms with Crippen LogP contribution < -0.4 is 0 Å². The molecule has 0 N–H and O–H groups in total. The maximum absolute atomic E-state index is 13.1. The number of benzene rings is 2. The fourth-order valence-electron chi connectivity index (χ4n) is 1.88. The van der Waals surface area contributed by atoms with Gasteiger partial charge in [-0.25, -0.2) is 0 Å². The Morgan fingerprint density at radius 3 is 2.00 bits per heavy atom. The Labute approximate surface area is 120 Å². The van der Waals surface area contributed by atoms with E-state index in [1.54, 1.807) is 18.2 Å². The minimum atomic E-state index is -4.58. The summed E-state index contributed by atoms with van der Waals surface area (Å²) in [6, 6.07) is 13.7. The Hall–Kier alpha value is -2.36. The van der Waals surface area contributed by atoms with Crippen molar-refractivity contribution in [2.24, 2.45) is 0 Å². The van der Waals surface area contributed by atoms with Crippen molar-refractivity contribution in [3.05, 3.63) is 77.4 Å². The zero-order chi connectivity index (χ0) is 15.5. The van der Waals surface area contributed by atoms with Gasteiger partial charge in [-0.2, -0.15) is 13.2 Å². The van der Waals surface area contributed by atoms with Gasteiger partial charge in [-0.05, 0) is 18.6 Å². The predicted octanol–water partition coefficient (Wildman–Crippen LogP) is 4.82. The number of ketones is 1. The first kappa shape index (κ1) is 15.0. The lowest BCUT2D eigenvalue weighted by molar-refractivity contribution is -0.0689. The van der Waals surface area contributed by atoms with Gasteiger partial charge < -0.3 is 0 Å². The summed E-state index contributed by atoms with van der Waals surface area (Å²) in [5.41, 5.74) is 0.215. The van der Waals surface area contributed by atoms with E-state index in [-0.39, 0.29) is 11.1 Å². The first-order chi connectivity index (χ1) is 9.88. The average Bonchev–Trinajstić information content (AvgIpc) is 2.45. The molecule has 1 nitrogen and oxygen atoms in total. The van der Waals surface area contributed by atoms with Gasteiger partial charge in [-0.3, -0.25) is 4.79 Å². The molecule has 0 atom stereocenters. The standard InChI is InChI=1S/C17H13F3O/c1-12-7-9-14(10-8-12)16(21)11-15(17(18,19)20)13-5-3-2-4-6-13/h2-11H,1H3/b15-11+. The van der Waals surface area contributed by atoms with Crippen LogP contribution in [0.25, 0.3) is 5.57 Å². The van der Waals surface area contributed by atoms with Crippen LogP contribution in [-0.4, -0.2) is 12.0 Å². The van der Waals surface area contributed by atoms with Crippen molar-refractivity contribution in [3.63, 3.8) is 0 Å². The van der Waals surface area contributed by atoms with Gasteiger partial charge in [0.05, 0.1) is 5.57 Å². The maximum Gasteiger partial charge on any atom is 0.417 e. The molecule has 0 spiro atoms. The Kier molecular flexibility index (Phi) is 4.26. The van der Waals surface area contributed by atoms with Crippen molar-refractivity contribution in [2.75, 3.05) is 0 Å². The van der Waals surface area contributed by atoms with Gasteiger partial charge in [-0.15, -0.1) is 0 Å². The van der Waals surface area contributed by atoms with E-state index in [4.69, 9.17) is 0 Å². The third-order valence-electron chi connectivity index (χ3n) is 3.00. The van der Waals surface area contributed by atoms with E-state index in [0.29, 0.717) is 6.08 Å². The highest BCUT2D eigenvalue weighted by Crippen LogP contribution is 2.34. The molecule has 21 heavy (non-hydrogen) atoms. The smallest absolute Gasteiger partial charge is 0.289 e. The number of aryl methyl sites for hydroxylation is 1. The molecular weight excluding hydrogens is 277 g/mol. The second-order valence-electron chi connectivity index (χ2n) is 4.65. The number of alkyl halides is 3. The van der Waals surface area contributed by atoms with E-state index in [2.05, 4.69) is 0 Å². The highest BCUT2D eigenvalue weighted by atomic mass is 19.4. The van der Waals surface area contributed by atoms with Gasteiger partial charge in [0.25, 0.3) is 0 Å². The van der Waals surface area contributed by atoms with Gasteiger partial charge in [0.1, 0.15) is 0 Å². The topological polar surface area (TPSA) is 17.1 Å². The molecule has 0 amide bonds. The molecule has 0 saturated carbocycles. The van der Waals surface area contributed by atoms with E-state index in [9.17, 15) is 18.0 Å². The molecule has 0 aliphatic rings. The maximum atomic E-state index is 13.1. The molecule has 0 radical (unpaired) electrons. The molecule has 0 aromatic heterocycles. The van der Waals surface area contributed by atoms with Crippen molar-refractivity contribution < 1.29 is 18.0 Å². The van der Waals surface area contributed by atoms with Crippen molar-refractivity contribution in [1.29, 1.82) is 0 Å². The monoisotopic (exact) mass is 290 g/mol. The van der Waals surface area contributed by atoms with Gasteiger partial charge in [0, 0.05) is 5.56 Å². The summed E-state index contributed by atoms with van der Waals surface area (Å²) in [6.07, 6.45) is -3.93. The second-order valence-corrected chi connectivity index (χ2v) is 4.65. The first-order valence-electron chi connectivity index (χ1n) is 6.33. The van der Waals surface area contributed by atoms with Crippen LogP contribution in [0.5, 0.6) is 0 Å². The molecule has 0 unspecified atom stereocenters. The molecule has 4 heteroatoms.